The lowest BCUT2D eigenvalue weighted by Gasteiger charge is -2.15. The molecule has 11 heteroatoms. The largest absolute Gasteiger partial charge is 0.433 e. The SMILES string of the molecule is C=C(CCC(=O)NC1CCC(N)=C1C=Nc1ccnc(C(F)(F)F)c1)C(F)(F)F. The van der Waals surface area contributed by atoms with Crippen LogP contribution in [-0.2, 0) is 11.0 Å². The Morgan fingerprint density at radius 3 is 2.62 bits per heavy atom. The summed E-state index contributed by atoms with van der Waals surface area (Å²) >= 11 is 0. The molecule has 0 aliphatic heterocycles. The Hall–Kier alpha value is -2.85. The van der Waals surface area contributed by atoms with Gasteiger partial charge in [-0.2, -0.15) is 26.3 Å². The zero-order valence-corrected chi connectivity index (χ0v) is 15.1. The molecule has 0 fully saturated rings. The summed E-state index contributed by atoms with van der Waals surface area (Å²) in [6.45, 7) is 2.90. The van der Waals surface area contributed by atoms with E-state index in [0.29, 0.717) is 24.1 Å². The Balaban J connectivity index is 2.03. The van der Waals surface area contributed by atoms with Crippen LogP contribution in [0.25, 0.3) is 0 Å². The van der Waals surface area contributed by atoms with Crippen molar-refractivity contribution in [3.05, 3.63) is 47.4 Å². The summed E-state index contributed by atoms with van der Waals surface area (Å²) in [5.41, 5.74) is 4.55. The number of allylic oxidation sites excluding steroid dienone is 2. The third-order valence-corrected chi connectivity index (χ3v) is 4.23. The molecule has 1 heterocycles. The molecule has 0 radical (unpaired) electrons. The lowest BCUT2D eigenvalue weighted by Crippen LogP contribution is -2.35. The maximum atomic E-state index is 12.7. The van der Waals surface area contributed by atoms with Gasteiger partial charge in [0.25, 0.3) is 0 Å². The second kappa shape index (κ2) is 8.66. The van der Waals surface area contributed by atoms with Crippen molar-refractivity contribution >= 4 is 17.8 Å². The number of pyridine rings is 1. The molecule has 0 spiro atoms. The molecule has 158 valence electrons. The van der Waals surface area contributed by atoms with Gasteiger partial charge in [0.2, 0.25) is 5.91 Å². The standard InChI is InChI=1S/C18H18F6N4O/c1-10(17(19,20)21)2-5-16(29)28-14-4-3-13(25)12(14)9-27-11-6-7-26-15(8-11)18(22,23)24/h6-9,14H,1-5,25H2,(H,28,29). The number of carbonyl (C=O) groups is 1. The van der Waals surface area contributed by atoms with E-state index in [2.05, 4.69) is 21.9 Å². The summed E-state index contributed by atoms with van der Waals surface area (Å²) in [4.78, 5) is 19.1. The minimum Gasteiger partial charge on any atom is -0.402 e. The molecule has 3 N–H and O–H groups in total. The minimum atomic E-state index is -4.62. The van der Waals surface area contributed by atoms with Crippen LogP contribution in [0, 0.1) is 0 Å². The van der Waals surface area contributed by atoms with Crippen LogP contribution in [0.3, 0.4) is 0 Å². The number of hydrogen-bond acceptors (Lipinski definition) is 4. The van der Waals surface area contributed by atoms with E-state index in [1.807, 2.05) is 0 Å². The molecule has 1 aromatic rings. The van der Waals surface area contributed by atoms with Gasteiger partial charge >= 0.3 is 12.4 Å². The number of carbonyl (C=O) groups excluding carboxylic acids is 1. The average molecular weight is 420 g/mol. The lowest BCUT2D eigenvalue weighted by atomic mass is 10.1. The van der Waals surface area contributed by atoms with E-state index in [4.69, 9.17) is 5.73 Å². The molecule has 0 saturated heterocycles. The molecule has 29 heavy (non-hydrogen) atoms. The number of nitrogens with one attached hydrogen (secondary N) is 1. The molecule has 2 rings (SSSR count). The van der Waals surface area contributed by atoms with Crippen LogP contribution in [0.5, 0.6) is 0 Å². The van der Waals surface area contributed by atoms with Gasteiger partial charge in [-0.15, -0.1) is 0 Å². The zero-order chi connectivity index (χ0) is 21.8. The van der Waals surface area contributed by atoms with Crippen molar-refractivity contribution in [3.63, 3.8) is 0 Å². The summed E-state index contributed by atoms with van der Waals surface area (Å²) in [5.74, 6) is -0.621. The minimum absolute atomic E-state index is 0.00826. The molecule has 1 unspecified atom stereocenters. The van der Waals surface area contributed by atoms with Gasteiger partial charge in [-0.05, 0) is 31.4 Å². The summed E-state index contributed by atoms with van der Waals surface area (Å²) in [7, 11) is 0. The summed E-state index contributed by atoms with van der Waals surface area (Å²) in [5, 5.41) is 2.57. The van der Waals surface area contributed by atoms with Gasteiger partial charge in [-0.1, -0.05) is 6.58 Å². The molecule has 1 aromatic heterocycles. The molecule has 1 amide bonds. The normalized spacial score (nSPS) is 17.8. The number of nitrogens with two attached hydrogens (primary N) is 1. The Labute approximate surface area is 162 Å². The molecular formula is C18H18F6N4O. The number of rotatable bonds is 6. The van der Waals surface area contributed by atoms with Gasteiger partial charge in [0.15, 0.2) is 0 Å². The molecule has 5 nitrogen and oxygen atoms in total. The highest BCUT2D eigenvalue weighted by atomic mass is 19.4. The molecule has 1 atom stereocenters. The monoisotopic (exact) mass is 420 g/mol. The van der Waals surface area contributed by atoms with Crippen LogP contribution in [0.15, 0.2) is 46.7 Å². The van der Waals surface area contributed by atoms with Crippen LogP contribution in [0.2, 0.25) is 0 Å². The fourth-order valence-electron chi connectivity index (χ4n) is 2.62. The predicted octanol–water partition coefficient (Wildman–Crippen LogP) is 4.19. The van der Waals surface area contributed by atoms with E-state index < -0.39 is 48.4 Å². The number of amides is 1. The van der Waals surface area contributed by atoms with Gasteiger partial charge in [0, 0.05) is 35.7 Å². The third-order valence-electron chi connectivity index (χ3n) is 4.23. The first-order valence-electron chi connectivity index (χ1n) is 8.48. The van der Waals surface area contributed by atoms with Gasteiger partial charge < -0.3 is 11.1 Å². The van der Waals surface area contributed by atoms with Gasteiger partial charge in [-0.3, -0.25) is 14.8 Å². The lowest BCUT2D eigenvalue weighted by molar-refractivity contribution is -0.141. The van der Waals surface area contributed by atoms with Crippen molar-refractivity contribution in [2.75, 3.05) is 0 Å². The second-order valence-electron chi connectivity index (χ2n) is 6.40. The first kappa shape index (κ1) is 22.4. The molecule has 1 aliphatic rings. The van der Waals surface area contributed by atoms with E-state index in [1.54, 1.807) is 0 Å². The number of aliphatic imine (C=N–C) groups is 1. The highest BCUT2D eigenvalue weighted by Crippen LogP contribution is 2.30. The van der Waals surface area contributed by atoms with Crippen LogP contribution in [-0.4, -0.2) is 29.3 Å². The van der Waals surface area contributed by atoms with E-state index in [9.17, 15) is 31.1 Å². The van der Waals surface area contributed by atoms with Crippen LogP contribution >= 0.6 is 0 Å². The maximum absolute atomic E-state index is 12.7. The van der Waals surface area contributed by atoms with Gasteiger partial charge in [0.05, 0.1) is 11.7 Å². The van der Waals surface area contributed by atoms with Crippen LogP contribution in [0.4, 0.5) is 32.0 Å². The van der Waals surface area contributed by atoms with E-state index in [0.717, 1.165) is 12.3 Å². The number of hydrogen-bond donors (Lipinski definition) is 2. The predicted molar refractivity (Wildman–Crippen MR) is 94.2 cm³/mol. The molecule has 0 aromatic carbocycles. The van der Waals surface area contributed by atoms with Crippen molar-refractivity contribution in [2.24, 2.45) is 10.7 Å². The maximum Gasteiger partial charge on any atom is 0.433 e. The average Bonchev–Trinajstić information content (AvgIpc) is 2.96. The first-order valence-corrected chi connectivity index (χ1v) is 8.48. The quantitative estimate of drug-likeness (QED) is 0.411. The highest BCUT2D eigenvalue weighted by molar-refractivity contribution is 5.86. The number of halogens is 6. The van der Waals surface area contributed by atoms with Gasteiger partial charge in [-0.25, -0.2) is 0 Å². The Morgan fingerprint density at radius 2 is 2.00 bits per heavy atom. The zero-order valence-electron chi connectivity index (χ0n) is 15.1. The summed E-state index contributed by atoms with van der Waals surface area (Å²) in [6.07, 6.45) is -7.09. The number of nitrogens with zero attached hydrogens (tertiary/aromatic N) is 2. The topological polar surface area (TPSA) is 80.4 Å². The van der Waals surface area contributed by atoms with Crippen molar-refractivity contribution in [3.8, 4) is 0 Å². The summed E-state index contributed by atoms with van der Waals surface area (Å²) < 4.78 is 75.4. The first-order chi connectivity index (χ1) is 13.4. The van der Waals surface area contributed by atoms with Crippen molar-refractivity contribution in [2.45, 2.75) is 44.1 Å². The molecule has 0 bridgehead atoms. The van der Waals surface area contributed by atoms with E-state index in [-0.39, 0.29) is 5.69 Å². The second-order valence-corrected chi connectivity index (χ2v) is 6.40. The van der Waals surface area contributed by atoms with Crippen LogP contribution in [0.1, 0.15) is 31.4 Å². The fraction of sp³-hybridized carbons (Fsp3) is 0.389. The smallest absolute Gasteiger partial charge is 0.402 e. The van der Waals surface area contributed by atoms with Crippen LogP contribution < -0.4 is 11.1 Å². The number of aromatic nitrogens is 1. The Kier molecular flexibility index (Phi) is 6.70. The van der Waals surface area contributed by atoms with Crippen molar-refractivity contribution in [1.82, 2.24) is 10.3 Å². The van der Waals surface area contributed by atoms with E-state index >= 15 is 0 Å². The van der Waals surface area contributed by atoms with Gasteiger partial charge in [0.1, 0.15) is 5.69 Å². The molecule has 0 saturated carbocycles. The Bertz CT molecular complexity index is 841. The number of alkyl halides is 6. The van der Waals surface area contributed by atoms with Crippen molar-refractivity contribution < 1.29 is 31.1 Å². The third kappa shape index (κ3) is 6.33. The van der Waals surface area contributed by atoms with E-state index in [1.165, 1.54) is 12.3 Å². The van der Waals surface area contributed by atoms with Crippen molar-refractivity contribution in [1.29, 1.82) is 0 Å². The summed E-state index contributed by atoms with van der Waals surface area (Å²) in [6, 6.07) is 1.45. The molecule has 1 aliphatic carbocycles. The molecular weight excluding hydrogens is 402 g/mol. The Morgan fingerprint density at radius 1 is 1.31 bits per heavy atom. The highest BCUT2D eigenvalue weighted by Gasteiger charge is 2.33. The fourth-order valence-corrected chi connectivity index (χ4v) is 2.62.